The number of anilines is 4. The fourth-order valence-corrected chi connectivity index (χ4v) is 3.24. The first-order valence-electron chi connectivity index (χ1n) is 8.62. The van der Waals surface area contributed by atoms with E-state index < -0.39 is 11.7 Å². The molecule has 3 rings (SSSR count). The van der Waals surface area contributed by atoms with Gasteiger partial charge in [-0.1, -0.05) is 11.6 Å². The Bertz CT molecular complexity index is 827. The number of aliphatic hydroxyl groups excluding tert-OH is 1. The van der Waals surface area contributed by atoms with Crippen molar-refractivity contribution in [1.82, 2.24) is 14.9 Å². The van der Waals surface area contributed by atoms with Crippen LogP contribution in [0, 0.1) is 0 Å². The van der Waals surface area contributed by atoms with Gasteiger partial charge in [0.15, 0.2) is 11.6 Å². The number of nitrogens with one attached hydrogen (secondary N) is 1. The van der Waals surface area contributed by atoms with Crippen LogP contribution < -0.4 is 16.0 Å². The number of benzene rings is 1. The van der Waals surface area contributed by atoms with Gasteiger partial charge in [-0.25, -0.2) is 9.97 Å². The number of hydrogen-bond donors (Lipinski definition) is 3. The quantitative estimate of drug-likeness (QED) is 0.690. The number of nitrogens with zero attached hydrogens (tertiary/aromatic N) is 4. The minimum atomic E-state index is -4.56. The highest BCUT2D eigenvalue weighted by Crippen LogP contribution is 2.37. The van der Waals surface area contributed by atoms with Crippen LogP contribution in [0.4, 0.5) is 36.2 Å². The van der Waals surface area contributed by atoms with E-state index in [4.69, 9.17) is 22.4 Å². The molecule has 0 bridgehead atoms. The molecule has 0 aliphatic carbocycles. The van der Waals surface area contributed by atoms with Crippen LogP contribution in [0.15, 0.2) is 24.5 Å². The van der Waals surface area contributed by atoms with Gasteiger partial charge in [0.25, 0.3) is 0 Å². The zero-order chi connectivity index (χ0) is 20.3. The summed E-state index contributed by atoms with van der Waals surface area (Å²) in [6.07, 6.45) is -3.25. The molecule has 0 saturated carbocycles. The molecule has 7 nitrogen and oxygen atoms in total. The summed E-state index contributed by atoms with van der Waals surface area (Å²) in [5.41, 5.74) is 5.66. The van der Waals surface area contributed by atoms with E-state index >= 15 is 0 Å². The van der Waals surface area contributed by atoms with Crippen molar-refractivity contribution in [3.8, 4) is 0 Å². The van der Waals surface area contributed by atoms with Crippen LogP contribution in [0.3, 0.4) is 0 Å². The second kappa shape index (κ2) is 8.38. The van der Waals surface area contributed by atoms with Gasteiger partial charge < -0.3 is 21.1 Å². The van der Waals surface area contributed by atoms with Crippen LogP contribution in [0.25, 0.3) is 0 Å². The third kappa shape index (κ3) is 4.57. The molecule has 1 aliphatic rings. The summed E-state index contributed by atoms with van der Waals surface area (Å²) in [6.45, 7) is 3.54. The Kier molecular flexibility index (Phi) is 6.11. The maximum absolute atomic E-state index is 13.1. The van der Waals surface area contributed by atoms with Crippen LogP contribution in [-0.2, 0) is 6.18 Å². The predicted molar refractivity (Wildman–Crippen MR) is 102 cm³/mol. The van der Waals surface area contributed by atoms with Gasteiger partial charge in [0, 0.05) is 38.4 Å². The Morgan fingerprint density at radius 1 is 1.18 bits per heavy atom. The van der Waals surface area contributed by atoms with Gasteiger partial charge in [0.1, 0.15) is 12.0 Å². The van der Waals surface area contributed by atoms with Crippen molar-refractivity contribution in [3.63, 3.8) is 0 Å². The molecular formula is C17H20ClF3N6O. The Morgan fingerprint density at radius 2 is 1.89 bits per heavy atom. The predicted octanol–water partition coefficient (Wildman–Crippen LogP) is 2.59. The monoisotopic (exact) mass is 416 g/mol. The van der Waals surface area contributed by atoms with Crippen molar-refractivity contribution >= 4 is 34.6 Å². The lowest BCUT2D eigenvalue weighted by atomic mass is 10.2. The Balaban J connectivity index is 1.79. The number of aliphatic hydroxyl groups is 1. The fourth-order valence-electron chi connectivity index (χ4n) is 3.02. The molecule has 1 aliphatic heterocycles. The van der Waals surface area contributed by atoms with Crippen molar-refractivity contribution in [2.24, 2.45) is 0 Å². The molecule has 1 aromatic carbocycles. The average Bonchev–Trinajstić information content (AvgIpc) is 2.65. The lowest BCUT2D eigenvalue weighted by molar-refractivity contribution is -0.137. The van der Waals surface area contributed by atoms with Gasteiger partial charge in [-0.2, -0.15) is 13.2 Å². The highest BCUT2D eigenvalue weighted by Gasteiger charge is 2.33. The summed E-state index contributed by atoms with van der Waals surface area (Å²) in [6, 6.07) is 3.51. The molecule has 11 heteroatoms. The van der Waals surface area contributed by atoms with Gasteiger partial charge in [-0.15, -0.1) is 0 Å². The molecule has 2 aromatic rings. The van der Waals surface area contributed by atoms with E-state index in [1.54, 1.807) is 0 Å². The number of nitrogens with two attached hydrogens (primary N) is 1. The van der Waals surface area contributed by atoms with Crippen molar-refractivity contribution in [3.05, 3.63) is 35.1 Å². The molecule has 0 unspecified atom stereocenters. The van der Waals surface area contributed by atoms with Gasteiger partial charge in [-0.05, 0) is 18.2 Å². The van der Waals surface area contributed by atoms with Crippen LogP contribution in [0.1, 0.15) is 5.56 Å². The second-order valence-corrected chi connectivity index (χ2v) is 6.74. The average molecular weight is 417 g/mol. The molecule has 0 spiro atoms. The van der Waals surface area contributed by atoms with Crippen molar-refractivity contribution in [1.29, 1.82) is 0 Å². The van der Waals surface area contributed by atoms with E-state index in [0.717, 1.165) is 19.2 Å². The third-order valence-electron chi connectivity index (χ3n) is 4.49. The molecule has 1 aromatic heterocycles. The lowest BCUT2D eigenvalue weighted by Crippen LogP contribution is -2.47. The first-order valence-corrected chi connectivity index (χ1v) is 9.00. The van der Waals surface area contributed by atoms with E-state index in [9.17, 15) is 13.2 Å². The molecule has 1 saturated heterocycles. The maximum atomic E-state index is 13.1. The molecule has 4 N–H and O–H groups in total. The van der Waals surface area contributed by atoms with E-state index in [1.807, 2.05) is 4.90 Å². The number of hydrogen-bond acceptors (Lipinski definition) is 7. The number of halogens is 4. The van der Waals surface area contributed by atoms with Crippen molar-refractivity contribution in [2.75, 3.05) is 55.3 Å². The summed E-state index contributed by atoms with van der Waals surface area (Å²) < 4.78 is 39.2. The van der Waals surface area contributed by atoms with Crippen LogP contribution in [-0.4, -0.2) is 59.3 Å². The molecule has 152 valence electrons. The Morgan fingerprint density at radius 3 is 2.54 bits per heavy atom. The molecule has 0 atom stereocenters. The van der Waals surface area contributed by atoms with E-state index in [2.05, 4.69) is 20.2 Å². The van der Waals surface area contributed by atoms with Crippen molar-refractivity contribution in [2.45, 2.75) is 6.18 Å². The van der Waals surface area contributed by atoms with E-state index in [0.29, 0.717) is 25.5 Å². The largest absolute Gasteiger partial charge is 0.417 e. The Hall–Kier alpha value is -2.30. The van der Waals surface area contributed by atoms with Gasteiger partial charge in [-0.3, -0.25) is 4.90 Å². The molecule has 0 amide bonds. The molecule has 2 heterocycles. The van der Waals surface area contributed by atoms with Crippen LogP contribution in [0.5, 0.6) is 0 Å². The normalized spacial score (nSPS) is 15.7. The smallest absolute Gasteiger partial charge is 0.395 e. The first kappa shape index (κ1) is 20.4. The van der Waals surface area contributed by atoms with E-state index in [-0.39, 0.29) is 28.8 Å². The molecule has 28 heavy (non-hydrogen) atoms. The summed E-state index contributed by atoms with van der Waals surface area (Å²) in [4.78, 5) is 12.4. The minimum absolute atomic E-state index is 0.102. The van der Waals surface area contributed by atoms with Gasteiger partial charge >= 0.3 is 6.18 Å². The molecule has 1 fully saturated rings. The van der Waals surface area contributed by atoms with Crippen molar-refractivity contribution < 1.29 is 18.3 Å². The molecule has 0 radical (unpaired) electrons. The SMILES string of the molecule is Nc1c(Nc2ccc(Cl)c(C(F)(F)F)c2)ncnc1N1CCN(CCO)CC1. The third-order valence-corrected chi connectivity index (χ3v) is 4.82. The number of piperazine rings is 1. The number of alkyl halides is 3. The fraction of sp³-hybridized carbons (Fsp3) is 0.412. The highest BCUT2D eigenvalue weighted by atomic mass is 35.5. The second-order valence-electron chi connectivity index (χ2n) is 6.33. The summed E-state index contributed by atoms with van der Waals surface area (Å²) in [5.74, 6) is 0.740. The maximum Gasteiger partial charge on any atom is 0.417 e. The van der Waals surface area contributed by atoms with Gasteiger partial charge in [0.2, 0.25) is 0 Å². The summed E-state index contributed by atoms with van der Waals surface area (Å²) in [5, 5.41) is 11.5. The summed E-state index contributed by atoms with van der Waals surface area (Å²) in [7, 11) is 0. The zero-order valence-corrected chi connectivity index (χ0v) is 15.6. The molecular weight excluding hydrogens is 397 g/mol. The number of β-amino-alcohol motifs (C(OH)–C–C–N with tert-alkyl or cyclic N) is 1. The topological polar surface area (TPSA) is 90.5 Å². The van der Waals surface area contributed by atoms with Gasteiger partial charge in [0.05, 0.1) is 17.2 Å². The summed E-state index contributed by atoms with van der Waals surface area (Å²) >= 11 is 5.65. The van der Waals surface area contributed by atoms with Crippen LogP contribution >= 0.6 is 11.6 Å². The van der Waals surface area contributed by atoms with Crippen LogP contribution in [0.2, 0.25) is 5.02 Å². The number of nitrogen functional groups attached to an aromatic ring is 1. The Labute approximate surface area is 164 Å². The lowest BCUT2D eigenvalue weighted by Gasteiger charge is -2.35. The number of rotatable bonds is 5. The standard InChI is InChI=1S/C17H20ClF3N6O/c18-13-2-1-11(9-12(13)17(19,20)21)25-15-14(22)16(24-10-23-15)27-5-3-26(4-6-27)7-8-28/h1-2,9-10,28H,3-8,22H2,(H,23,24,25). The zero-order valence-electron chi connectivity index (χ0n) is 14.9. The number of aromatic nitrogens is 2. The highest BCUT2D eigenvalue weighted by molar-refractivity contribution is 6.31. The first-order chi connectivity index (χ1) is 13.3. The van der Waals surface area contributed by atoms with E-state index in [1.165, 1.54) is 18.5 Å². The minimum Gasteiger partial charge on any atom is -0.395 e.